The molecule has 0 aromatic carbocycles. The van der Waals surface area contributed by atoms with Crippen LogP contribution in [-0.2, 0) is 8.92 Å². The van der Waals surface area contributed by atoms with E-state index in [1.165, 1.54) is 0 Å². The summed E-state index contributed by atoms with van der Waals surface area (Å²) in [5, 5.41) is 0. The minimum absolute atomic E-state index is 0. The second-order valence-corrected chi connectivity index (χ2v) is 1.50. The summed E-state index contributed by atoms with van der Waals surface area (Å²) in [7, 11) is -7.26. The molecule has 6 nitrogen and oxygen atoms in total. The molecule has 10 heavy (non-hydrogen) atoms. The molecule has 0 aromatic heterocycles. The van der Waals surface area contributed by atoms with Gasteiger partial charge < -0.3 is 28.1 Å². The van der Waals surface area contributed by atoms with Crippen molar-refractivity contribution in [2.24, 2.45) is 0 Å². The molecule has 0 unspecified atom stereocenters. The molecule has 0 radical (unpaired) electrons. The molecule has 0 aromatic rings. The second-order valence-electron chi connectivity index (χ2n) is 0.500. The van der Waals surface area contributed by atoms with Crippen molar-refractivity contribution in [1.82, 2.24) is 0 Å². The quantitative estimate of drug-likeness (QED) is 0.354. The van der Waals surface area contributed by atoms with E-state index >= 15 is 0 Å². The van der Waals surface area contributed by atoms with Crippen LogP contribution in [0.3, 0.4) is 0 Å². The Morgan fingerprint density at radius 3 is 0.700 bits per heavy atom. The molecule has 0 spiro atoms. The van der Waals surface area contributed by atoms with Gasteiger partial charge in [0.05, 0.1) is 0 Å². The summed E-state index contributed by atoms with van der Waals surface area (Å²) < 4.78 is 17.0. The fourth-order valence-electron chi connectivity index (χ4n) is 0. The predicted molar refractivity (Wildman–Crippen MR) is 24.4 cm³/mol. The van der Waals surface area contributed by atoms with E-state index in [9.17, 15) is 0 Å². The van der Waals surface area contributed by atoms with Crippen LogP contribution in [0, 0.1) is 0 Å². The Morgan fingerprint density at radius 2 is 0.700 bits per heavy atom. The second kappa shape index (κ2) is 17.5. The molecule has 0 saturated carbocycles. The smallest absolute Gasteiger partial charge is 0.672 e. The average molecular weight is 427 g/mol. The molecule has 10 heteroatoms. The van der Waals surface area contributed by atoms with Crippen molar-refractivity contribution in [1.29, 1.82) is 0 Å². The first-order valence-electron chi connectivity index (χ1n) is 1.22. The van der Waals surface area contributed by atoms with E-state index < -0.39 is 18.3 Å². The van der Waals surface area contributed by atoms with Gasteiger partial charge in [-0.2, -0.15) is 0 Å². The zero-order valence-corrected chi connectivity index (χ0v) is 15.7. The van der Waals surface area contributed by atoms with Crippen molar-refractivity contribution in [3.8, 4) is 0 Å². The zero-order chi connectivity index (χ0) is 7.15. The fourth-order valence-corrected chi connectivity index (χ4v) is 0. The first kappa shape index (κ1) is 22.8. The summed E-state index contributed by atoms with van der Waals surface area (Å²) in [6.07, 6.45) is 0. The number of hydrogen-bond donors (Lipinski definition) is 0. The van der Waals surface area contributed by atoms with E-state index in [1.54, 1.807) is 0 Å². The largest absolute Gasteiger partial charge is 2.00 e. The third-order valence-electron chi connectivity index (χ3n) is 0. The Kier molecular flexibility index (Phi) is 39.9. The van der Waals surface area contributed by atoms with Crippen LogP contribution in [0.15, 0.2) is 0 Å². The van der Waals surface area contributed by atoms with E-state index in [2.05, 4.69) is 0 Å². The topological polar surface area (TPSA) is 126 Å². The van der Waals surface area contributed by atoms with E-state index in [-0.39, 0.29) is 97.8 Å². The molecule has 0 aliphatic heterocycles. The number of hydrogen-bond acceptors (Lipinski definition) is 6. The molecule has 0 heterocycles. The van der Waals surface area contributed by atoms with E-state index in [4.69, 9.17) is 28.1 Å². The summed E-state index contributed by atoms with van der Waals surface area (Å²) in [6, 6.07) is 0. The zero-order valence-electron chi connectivity index (χ0n) is 4.86. The van der Waals surface area contributed by atoms with Gasteiger partial charge >= 0.3 is 97.8 Å². The molecule has 0 amide bonds. The number of rotatable bonds is 0. The van der Waals surface area contributed by atoms with Crippen LogP contribution in [0.1, 0.15) is 0 Å². The molecular formula is Ba2O6Si2. The van der Waals surface area contributed by atoms with Crippen LogP contribution < -0.4 is 19.2 Å². The van der Waals surface area contributed by atoms with E-state index in [0.29, 0.717) is 0 Å². The van der Waals surface area contributed by atoms with Crippen molar-refractivity contribution in [3.63, 3.8) is 0 Å². The maximum Gasteiger partial charge on any atom is 2.00 e. The molecule has 0 aliphatic carbocycles. The van der Waals surface area contributed by atoms with Gasteiger partial charge in [-0.05, 0) is 0 Å². The van der Waals surface area contributed by atoms with Crippen LogP contribution >= 0.6 is 0 Å². The maximum atomic E-state index is 8.52. The molecule has 0 bridgehead atoms. The maximum absolute atomic E-state index is 8.52. The average Bonchev–Trinajstić information content (AvgIpc) is 1.25. The molecule has 0 atom stereocenters. The van der Waals surface area contributed by atoms with Gasteiger partial charge in [-0.3, -0.25) is 0 Å². The summed E-state index contributed by atoms with van der Waals surface area (Å²) in [5.74, 6) is 0. The van der Waals surface area contributed by atoms with Crippen molar-refractivity contribution < 1.29 is 28.1 Å². The predicted octanol–water partition coefficient (Wildman–Crippen LogP) is -6.52. The first-order chi connectivity index (χ1) is 3.46. The van der Waals surface area contributed by atoms with Gasteiger partial charge in [0.15, 0.2) is 0 Å². The molecule has 0 rings (SSSR count). The van der Waals surface area contributed by atoms with Gasteiger partial charge in [0.2, 0.25) is 0 Å². The monoisotopic (exact) mass is 428 g/mol. The van der Waals surface area contributed by atoms with Crippen LogP contribution in [-0.4, -0.2) is 116 Å². The standard InChI is InChI=1S/2Ba.2O3Si/c;;2*1-4(2)3/q2*+2;2*-2. The van der Waals surface area contributed by atoms with Crippen LogP contribution in [0.25, 0.3) is 0 Å². The SMILES string of the molecule is O=[Si]([O-])[O-].O=[Si]([O-])[O-].[Ba+2].[Ba+2]. The van der Waals surface area contributed by atoms with Crippen LogP contribution in [0.4, 0.5) is 0 Å². The van der Waals surface area contributed by atoms with Crippen molar-refractivity contribution >= 4 is 116 Å². The Bertz CT molecular complexity index is 71.7. The fraction of sp³-hybridized carbons (Fsp3) is 0. The van der Waals surface area contributed by atoms with Gasteiger partial charge in [0, 0.05) is 18.3 Å². The molecule has 0 fully saturated rings. The Morgan fingerprint density at radius 1 is 0.700 bits per heavy atom. The molecular weight excluding hydrogens is 427 g/mol. The van der Waals surface area contributed by atoms with Crippen LogP contribution in [0.2, 0.25) is 0 Å². The van der Waals surface area contributed by atoms with Gasteiger partial charge in [0.1, 0.15) is 0 Å². The third-order valence-corrected chi connectivity index (χ3v) is 0. The summed E-state index contributed by atoms with van der Waals surface area (Å²) >= 11 is 0. The molecule has 48 valence electrons. The first-order valence-corrected chi connectivity index (χ1v) is 3.67. The van der Waals surface area contributed by atoms with E-state index in [1.807, 2.05) is 0 Å². The van der Waals surface area contributed by atoms with Gasteiger partial charge in [-0.1, -0.05) is 0 Å². The van der Waals surface area contributed by atoms with Crippen molar-refractivity contribution in [3.05, 3.63) is 0 Å². The Labute approximate surface area is 141 Å². The Hall–Kier alpha value is 2.38. The van der Waals surface area contributed by atoms with E-state index in [0.717, 1.165) is 0 Å². The summed E-state index contributed by atoms with van der Waals surface area (Å²) in [5.41, 5.74) is 0. The molecule has 0 aliphatic rings. The van der Waals surface area contributed by atoms with Crippen molar-refractivity contribution in [2.75, 3.05) is 0 Å². The minimum Gasteiger partial charge on any atom is -0.672 e. The van der Waals surface area contributed by atoms with Crippen molar-refractivity contribution in [2.45, 2.75) is 0 Å². The molecule has 0 N–H and O–H groups in total. The minimum atomic E-state index is -3.63. The Balaban J connectivity index is -0.0000000300. The van der Waals surface area contributed by atoms with Gasteiger partial charge in [-0.25, -0.2) is 0 Å². The van der Waals surface area contributed by atoms with Crippen LogP contribution in [0.5, 0.6) is 0 Å². The normalized spacial score (nSPS) is 4.80. The van der Waals surface area contributed by atoms with Gasteiger partial charge in [-0.15, -0.1) is 0 Å². The van der Waals surface area contributed by atoms with Gasteiger partial charge in [0.25, 0.3) is 0 Å². The summed E-state index contributed by atoms with van der Waals surface area (Å²) in [4.78, 5) is 34.1. The third kappa shape index (κ3) is 162. The summed E-state index contributed by atoms with van der Waals surface area (Å²) in [6.45, 7) is 0. The molecule has 0 saturated heterocycles.